The van der Waals surface area contributed by atoms with Crippen LogP contribution in [0.3, 0.4) is 0 Å². The second-order valence-corrected chi connectivity index (χ2v) is 5.86. The van der Waals surface area contributed by atoms with Crippen molar-refractivity contribution in [2.45, 2.75) is 33.2 Å². The Kier molecular flexibility index (Phi) is 6.27. The molecule has 1 aromatic rings. The van der Waals surface area contributed by atoms with Gasteiger partial charge in [-0.15, -0.1) is 0 Å². The Hall–Kier alpha value is -1.13. The number of nitrogens with one attached hydrogen (secondary N) is 1. The monoisotopic (exact) mass is 278 g/mol. The summed E-state index contributed by atoms with van der Waals surface area (Å²) >= 11 is 0. The minimum atomic E-state index is 0.605. The van der Waals surface area contributed by atoms with Crippen molar-refractivity contribution in [2.24, 2.45) is 11.8 Å². The van der Waals surface area contributed by atoms with Crippen LogP contribution in [0.2, 0.25) is 0 Å². The van der Waals surface area contributed by atoms with Crippen molar-refractivity contribution in [3.63, 3.8) is 0 Å². The van der Waals surface area contributed by atoms with Crippen molar-refractivity contribution in [1.82, 2.24) is 10.3 Å². The molecule has 1 aromatic heterocycles. The smallest absolute Gasteiger partial charge is 0.213 e. The summed E-state index contributed by atoms with van der Waals surface area (Å²) in [4.78, 5) is 4.54. The maximum absolute atomic E-state index is 5.82. The van der Waals surface area contributed by atoms with Crippen molar-refractivity contribution >= 4 is 0 Å². The van der Waals surface area contributed by atoms with Crippen LogP contribution < -0.4 is 10.1 Å². The first kappa shape index (κ1) is 15.3. The molecule has 1 fully saturated rings. The lowest BCUT2D eigenvalue weighted by atomic mass is 10.0. The largest absolute Gasteiger partial charge is 0.477 e. The van der Waals surface area contributed by atoms with Crippen molar-refractivity contribution in [3.05, 3.63) is 23.9 Å². The van der Waals surface area contributed by atoms with Gasteiger partial charge in [-0.05, 0) is 37.3 Å². The van der Waals surface area contributed by atoms with E-state index in [2.05, 4.69) is 24.1 Å². The number of nitrogens with zero attached hydrogens (tertiary/aromatic N) is 1. The van der Waals surface area contributed by atoms with E-state index >= 15 is 0 Å². The molecule has 112 valence electrons. The molecule has 4 heteroatoms. The molecule has 20 heavy (non-hydrogen) atoms. The first-order chi connectivity index (χ1) is 9.74. The average molecular weight is 278 g/mol. The number of hydrogen-bond donors (Lipinski definition) is 1. The summed E-state index contributed by atoms with van der Waals surface area (Å²) in [6.45, 7) is 8.68. The molecule has 0 radical (unpaired) electrons. The summed E-state index contributed by atoms with van der Waals surface area (Å²) in [5.74, 6) is 2.00. The zero-order chi connectivity index (χ0) is 14.2. The first-order valence-corrected chi connectivity index (χ1v) is 7.61. The van der Waals surface area contributed by atoms with Gasteiger partial charge in [0, 0.05) is 25.8 Å². The molecule has 2 heterocycles. The van der Waals surface area contributed by atoms with Gasteiger partial charge < -0.3 is 14.8 Å². The average Bonchev–Trinajstić information content (AvgIpc) is 2.46. The van der Waals surface area contributed by atoms with Crippen molar-refractivity contribution < 1.29 is 9.47 Å². The topological polar surface area (TPSA) is 43.4 Å². The summed E-state index contributed by atoms with van der Waals surface area (Å²) in [6.07, 6.45) is 2.19. The van der Waals surface area contributed by atoms with Gasteiger partial charge in [0.05, 0.1) is 12.3 Å². The van der Waals surface area contributed by atoms with Gasteiger partial charge in [0.15, 0.2) is 0 Å². The van der Waals surface area contributed by atoms with Crippen LogP contribution in [0.1, 0.15) is 32.4 Å². The van der Waals surface area contributed by atoms with Crippen LogP contribution in [-0.2, 0) is 11.3 Å². The Bertz CT molecular complexity index is 390. The number of rotatable bonds is 7. The summed E-state index contributed by atoms with van der Waals surface area (Å²) in [5, 5.41) is 3.40. The Morgan fingerprint density at radius 3 is 2.90 bits per heavy atom. The predicted molar refractivity (Wildman–Crippen MR) is 79.8 cm³/mol. The number of hydrogen-bond acceptors (Lipinski definition) is 4. The second kappa shape index (κ2) is 8.22. The summed E-state index contributed by atoms with van der Waals surface area (Å²) in [7, 11) is 0. The standard InChI is InChI=1S/C16H26N2O2/c1-13(2)10-17-11-15-4-3-5-16(18-15)20-12-14-6-8-19-9-7-14/h3-5,13-14,17H,6-12H2,1-2H3. The molecule has 0 spiro atoms. The Balaban J connectivity index is 1.76. The normalized spacial score (nSPS) is 16.6. The third-order valence-corrected chi connectivity index (χ3v) is 3.45. The fourth-order valence-electron chi connectivity index (χ4n) is 2.24. The Morgan fingerprint density at radius 2 is 2.15 bits per heavy atom. The molecule has 1 saturated heterocycles. The molecule has 2 rings (SSSR count). The fraction of sp³-hybridized carbons (Fsp3) is 0.688. The highest BCUT2D eigenvalue weighted by atomic mass is 16.5. The fourth-order valence-corrected chi connectivity index (χ4v) is 2.24. The molecule has 0 atom stereocenters. The quantitative estimate of drug-likeness (QED) is 0.832. The third kappa shape index (κ3) is 5.47. The molecular formula is C16H26N2O2. The van der Waals surface area contributed by atoms with Crippen LogP contribution in [-0.4, -0.2) is 31.3 Å². The van der Waals surface area contributed by atoms with Gasteiger partial charge in [-0.25, -0.2) is 4.98 Å². The van der Waals surface area contributed by atoms with Crippen molar-refractivity contribution in [2.75, 3.05) is 26.4 Å². The predicted octanol–water partition coefficient (Wildman–Crippen LogP) is 2.63. The van der Waals surface area contributed by atoms with Gasteiger partial charge >= 0.3 is 0 Å². The highest BCUT2D eigenvalue weighted by Crippen LogP contribution is 2.16. The van der Waals surface area contributed by atoms with Crippen molar-refractivity contribution in [3.8, 4) is 5.88 Å². The molecule has 4 nitrogen and oxygen atoms in total. The molecule has 1 aliphatic heterocycles. The third-order valence-electron chi connectivity index (χ3n) is 3.45. The number of pyridine rings is 1. The van der Waals surface area contributed by atoms with E-state index in [4.69, 9.17) is 9.47 Å². The van der Waals surface area contributed by atoms with E-state index in [1.807, 2.05) is 18.2 Å². The van der Waals surface area contributed by atoms with Gasteiger partial charge in [-0.3, -0.25) is 0 Å². The van der Waals surface area contributed by atoms with Crippen LogP contribution in [0.5, 0.6) is 5.88 Å². The lowest BCUT2D eigenvalue weighted by Crippen LogP contribution is -2.22. The number of ether oxygens (including phenoxy) is 2. The molecule has 0 unspecified atom stereocenters. The van der Waals surface area contributed by atoms with Crippen molar-refractivity contribution in [1.29, 1.82) is 0 Å². The molecule has 1 aliphatic rings. The van der Waals surface area contributed by atoms with E-state index < -0.39 is 0 Å². The van der Waals surface area contributed by atoms with Gasteiger partial charge in [0.1, 0.15) is 0 Å². The highest BCUT2D eigenvalue weighted by molar-refractivity contribution is 5.15. The van der Waals surface area contributed by atoms with Gasteiger partial charge in [0.2, 0.25) is 5.88 Å². The second-order valence-electron chi connectivity index (χ2n) is 5.86. The zero-order valence-electron chi connectivity index (χ0n) is 12.6. The molecule has 0 saturated carbocycles. The van der Waals surface area contributed by atoms with E-state index in [0.717, 1.165) is 57.3 Å². The molecular weight excluding hydrogens is 252 g/mol. The molecule has 0 amide bonds. The van der Waals surface area contributed by atoms with E-state index in [1.54, 1.807) is 0 Å². The molecule has 0 aromatic carbocycles. The lowest BCUT2D eigenvalue weighted by Gasteiger charge is -2.21. The maximum Gasteiger partial charge on any atom is 0.213 e. The van der Waals surface area contributed by atoms with Crippen LogP contribution >= 0.6 is 0 Å². The molecule has 0 aliphatic carbocycles. The van der Waals surface area contributed by atoms with Gasteiger partial charge in [-0.2, -0.15) is 0 Å². The summed E-state index contributed by atoms with van der Waals surface area (Å²) < 4.78 is 11.2. The van der Waals surface area contributed by atoms with E-state index in [-0.39, 0.29) is 0 Å². The summed E-state index contributed by atoms with van der Waals surface area (Å²) in [5.41, 5.74) is 1.04. The Labute approximate surface area is 121 Å². The minimum Gasteiger partial charge on any atom is -0.477 e. The summed E-state index contributed by atoms with van der Waals surface area (Å²) in [6, 6.07) is 5.98. The van der Waals surface area contributed by atoms with Gasteiger partial charge in [-0.1, -0.05) is 19.9 Å². The SMILES string of the molecule is CC(C)CNCc1cccc(OCC2CCOCC2)n1. The maximum atomic E-state index is 5.82. The van der Waals surface area contributed by atoms with E-state index in [9.17, 15) is 0 Å². The molecule has 0 bridgehead atoms. The molecule has 1 N–H and O–H groups in total. The van der Waals surface area contributed by atoms with Crippen LogP contribution in [0.4, 0.5) is 0 Å². The highest BCUT2D eigenvalue weighted by Gasteiger charge is 2.14. The lowest BCUT2D eigenvalue weighted by molar-refractivity contribution is 0.0490. The van der Waals surface area contributed by atoms with Crippen LogP contribution in [0, 0.1) is 11.8 Å². The van der Waals surface area contributed by atoms with Gasteiger partial charge in [0.25, 0.3) is 0 Å². The van der Waals surface area contributed by atoms with E-state index in [1.165, 1.54) is 0 Å². The van der Waals surface area contributed by atoms with Crippen LogP contribution in [0.15, 0.2) is 18.2 Å². The van der Waals surface area contributed by atoms with E-state index in [0.29, 0.717) is 11.8 Å². The number of aromatic nitrogens is 1. The minimum absolute atomic E-state index is 0.605. The van der Waals surface area contributed by atoms with Crippen LogP contribution in [0.25, 0.3) is 0 Å². The first-order valence-electron chi connectivity index (χ1n) is 7.61. The zero-order valence-corrected chi connectivity index (χ0v) is 12.6. The Morgan fingerprint density at radius 1 is 1.35 bits per heavy atom.